The number of hydrogen-bond donors (Lipinski definition) is 4. The molecule has 0 atom stereocenters. The van der Waals surface area contributed by atoms with Gasteiger partial charge in [0.1, 0.15) is 18.7 Å². The third kappa shape index (κ3) is 7.07. The predicted octanol–water partition coefficient (Wildman–Crippen LogP) is 5.36. The van der Waals surface area contributed by atoms with E-state index in [9.17, 15) is 4.57 Å². The Morgan fingerprint density at radius 1 is 1.02 bits per heavy atom. The Balaban J connectivity index is 1.28. The maximum absolute atomic E-state index is 13.1. The van der Waals surface area contributed by atoms with Gasteiger partial charge in [0.05, 0.1) is 29.7 Å². The van der Waals surface area contributed by atoms with E-state index >= 15 is 0 Å². The summed E-state index contributed by atoms with van der Waals surface area (Å²) in [4.78, 5) is 14.8. The zero-order valence-corrected chi connectivity index (χ0v) is 28.5. The molecule has 0 saturated carbocycles. The van der Waals surface area contributed by atoms with Crippen molar-refractivity contribution in [3.63, 3.8) is 0 Å². The van der Waals surface area contributed by atoms with Gasteiger partial charge in [-0.05, 0) is 69.3 Å². The van der Waals surface area contributed by atoms with Crippen LogP contribution < -0.4 is 30.9 Å². The highest BCUT2D eigenvalue weighted by atomic mass is 31.2. The number of aromatic amines is 1. The number of benzene rings is 2. The molecule has 0 amide bonds. The second kappa shape index (κ2) is 13.8. The predicted molar refractivity (Wildman–Crippen MR) is 188 cm³/mol. The van der Waals surface area contributed by atoms with Gasteiger partial charge in [-0.25, -0.2) is 4.98 Å². The Labute approximate surface area is 271 Å². The summed E-state index contributed by atoms with van der Waals surface area (Å²) >= 11 is 0. The summed E-state index contributed by atoms with van der Waals surface area (Å²) in [6.45, 7) is 14.2. The molecule has 4 aromatic rings. The quantitative estimate of drug-likeness (QED) is 0.168. The molecule has 0 aliphatic carbocycles. The summed E-state index contributed by atoms with van der Waals surface area (Å²) in [6.07, 6.45) is 5.00. The summed E-state index contributed by atoms with van der Waals surface area (Å²) in [5.74, 6) is 1.71. The highest BCUT2D eigenvalue weighted by Gasteiger charge is 2.27. The standard InChI is InChI=1S/C34H46N9O2P/c1-6-24-20-29(31(45-3)21-30(24)43-15-11-25(12-16-43)42-17-13-35-14-18-42)38-34-36-22-26(28-19-23(2)40-41-28)33(39-34)37-27-9-7-8-10-32(27)46(4,5)44/h7-10,19-22,25,35H,6,11-18H2,1-5H3,(H,40,41)(H2,36,37,38,39). The van der Waals surface area contributed by atoms with Gasteiger partial charge in [0, 0.05) is 74.3 Å². The van der Waals surface area contributed by atoms with Crippen LogP contribution in [0.5, 0.6) is 5.75 Å². The molecule has 4 heterocycles. The normalized spacial score (nSPS) is 16.4. The molecule has 0 bridgehead atoms. The Kier molecular flexibility index (Phi) is 9.63. The minimum atomic E-state index is -2.56. The lowest BCUT2D eigenvalue weighted by atomic mass is 9.99. The monoisotopic (exact) mass is 643 g/mol. The molecule has 12 heteroatoms. The number of methoxy groups -OCH3 is 1. The van der Waals surface area contributed by atoms with E-state index in [2.05, 4.69) is 60.0 Å². The number of nitrogens with one attached hydrogen (secondary N) is 4. The highest BCUT2D eigenvalue weighted by molar-refractivity contribution is 7.70. The molecule has 6 rings (SSSR count). The van der Waals surface area contributed by atoms with E-state index < -0.39 is 7.14 Å². The van der Waals surface area contributed by atoms with Crippen molar-refractivity contribution in [1.82, 2.24) is 30.4 Å². The molecule has 0 unspecified atom stereocenters. The third-order valence-electron chi connectivity index (χ3n) is 9.01. The molecule has 2 aromatic heterocycles. The highest BCUT2D eigenvalue weighted by Crippen LogP contribution is 2.40. The van der Waals surface area contributed by atoms with Crippen molar-refractivity contribution in [2.24, 2.45) is 0 Å². The van der Waals surface area contributed by atoms with Crippen LogP contribution in [0.1, 0.15) is 31.0 Å². The van der Waals surface area contributed by atoms with Gasteiger partial charge >= 0.3 is 0 Å². The zero-order chi connectivity index (χ0) is 32.3. The zero-order valence-electron chi connectivity index (χ0n) is 27.6. The number of piperazine rings is 1. The van der Waals surface area contributed by atoms with Crippen molar-refractivity contribution in [1.29, 1.82) is 0 Å². The number of H-pyrrole nitrogens is 1. The number of aryl methyl sites for hydroxylation is 2. The molecule has 46 heavy (non-hydrogen) atoms. The first-order valence-electron chi connectivity index (χ1n) is 16.2. The average molecular weight is 644 g/mol. The first-order chi connectivity index (χ1) is 22.2. The van der Waals surface area contributed by atoms with Gasteiger partial charge in [-0.3, -0.25) is 10.00 Å². The lowest BCUT2D eigenvalue weighted by Gasteiger charge is -2.41. The molecule has 2 fully saturated rings. The van der Waals surface area contributed by atoms with Crippen LogP contribution in [0.25, 0.3) is 11.3 Å². The van der Waals surface area contributed by atoms with Crippen molar-refractivity contribution in [3.8, 4) is 17.0 Å². The summed E-state index contributed by atoms with van der Waals surface area (Å²) in [5, 5.41) is 18.6. The minimum Gasteiger partial charge on any atom is -0.494 e. The lowest BCUT2D eigenvalue weighted by molar-refractivity contribution is 0.150. The van der Waals surface area contributed by atoms with Crippen LogP contribution in [0.2, 0.25) is 0 Å². The maximum Gasteiger partial charge on any atom is 0.229 e. The van der Waals surface area contributed by atoms with Crippen molar-refractivity contribution in [2.75, 3.05) is 75.2 Å². The van der Waals surface area contributed by atoms with Gasteiger partial charge in [0.15, 0.2) is 0 Å². The Morgan fingerprint density at radius 2 is 1.78 bits per heavy atom. The van der Waals surface area contributed by atoms with Crippen LogP contribution in [-0.2, 0) is 11.0 Å². The molecule has 2 aromatic carbocycles. The SMILES string of the molecule is CCc1cc(Nc2ncc(-c3cc(C)[nH]n3)c(Nc3ccccc3P(C)(C)=O)n2)c(OC)cc1N1CCC(N2CCNCC2)CC1. The molecule has 4 N–H and O–H groups in total. The van der Waals surface area contributed by atoms with E-state index in [0.717, 1.165) is 85.1 Å². The number of rotatable bonds is 10. The third-order valence-corrected chi connectivity index (χ3v) is 10.6. The second-order valence-electron chi connectivity index (χ2n) is 12.5. The van der Waals surface area contributed by atoms with E-state index in [0.29, 0.717) is 17.8 Å². The summed E-state index contributed by atoms with van der Waals surface area (Å²) in [7, 11) is -0.856. The number of aromatic nitrogens is 4. The number of nitrogens with zero attached hydrogens (tertiary/aromatic N) is 5. The van der Waals surface area contributed by atoms with E-state index in [1.165, 1.54) is 24.1 Å². The van der Waals surface area contributed by atoms with Gasteiger partial charge in [0.25, 0.3) is 0 Å². The summed E-state index contributed by atoms with van der Waals surface area (Å²) in [5.41, 5.74) is 6.41. The van der Waals surface area contributed by atoms with Crippen molar-refractivity contribution in [2.45, 2.75) is 39.2 Å². The molecule has 2 aliphatic rings. The van der Waals surface area contributed by atoms with Crippen LogP contribution in [0.4, 0.5) is 28.8 Å². The first kappa shape index (κ1) is 32.0. The molecule has 0 radical (unpaired) electrons. The van der Waals surface area contributed by atoms with Gasteiger partial charge < -0.3 is 30.2 Å². The van der Waals surface area contributed by atoms with E-state index in [-0.39, 0.29) is 0 Å². The number of ether oxygens (including phenoxy) is 1. The number of para-hydroxylation sites is 1. The molecule has 0 spiro atoms. The fourth-order valence-electron chi connectivity index (χ4n) is 6.55. The molecule has 2 saturated heterocycles. The maximum atomic E-state index is 13.1. The molecular formula is C34H46N9O2P. The molecule has 244 valence electrons. The van der Waals surface area contributed by atoms with Crippen LogP contribution in [0.3, 0.4) is 0 Å². The number of anilines is 5. The Hall–Kier alpha value is -3.92. The molecular weight excluding hydrogens is 597 g/mol. The van der Waals surface area contributed by atoms with E-state index in [1.807, 2.05) is 37.3 Å². The van der Waals surface area contributed by atoms with Crippen molar-refractivity contribution >= 4 is 41.3 Å². The van der Waals surface area contributed by atoms with Crippen molar-refractivity contribution < 1.29 is 9.30 Å². The topological polar surface area (TPSA) is 123 Å². The van der Waals surface area contributed by atoms with Gasteiger partial charge in [-0.2, -0.15) is 10.1 Å². The van der Waals surface area contributed by atoms with E-state index in [4.69, 9.17) is 9.72 Å². The summed E-state index contributed by atoms with van der Waals surface area (Å²) < 4.78 is 19.0. The van der Waals surface area contributed by atoms with Crippen LogP contribution in [0, 0.1) is 6.92 Å². The fraction of sp³-hybridized carbons (Fsp3) is 0.441. The second-order valence-corrected chi connectivity index (χ2v) is 15.7. The van der Waals surface area contributed by atoms with Crippen molar-refractivity contribution in [3.05, 3.63) is 59.9 Å². The summed E-state index contributed by atoms with van der Waals surface area (Å²) in [6, 6.07) is 14.6. The lowest BCUT2D eigenvalue weighted by Crippen LogP contribution is -2.52. The number of hydrogen-bond acceptors (Lipinski definition) is 10. The number of piperidine rings is 1. The van der Waals surface area contributed by atoms with Crippen LogP contribution in [0.15, 0.2) is 48.7 Å². The Morgan fingerprint density at radius 3 is 2.46 bits per heavy atom. The first-order valence-corrected chi connectivity index (χ1v) is 18.8. The van der Waals surface area contributed by atoms with Gasteiger partial charge in [-0.15, -0.1) is 0 Å². The van der Waals surface area contributed by atoms with Crippen LogP contribution >= 0.6 is 7.14 Å². The van der Waals surface area contributed by atoms with E-state index in [1.54, 1.807) is 26.6 Å². The molecule has 11 nitrogen and oxygen atoms in total. The average Bonchev–Trinajstić information content (AvgIpc) is 3.50. The van der Waals surface area contributed by atoms with Gasteiger partial charge in [-0.1, -0.05) is 19.1 Å². The Bertz CT molecular complexity index is 1700. The largest absolute Gasteiger partial charge is 0.494 e. The molecule has 2 aliphatic heterocycles. The van der Waals surface area contributed by atoms with Gasteiger partial charge in [0.2, 0.25) is 5.95 Å². The fourth-order valence-corrected chi connectivity index (χ4v) is 7.71. The van der Waals surface area contributed by atoms with Crippen LogP contribution in [-0.4, -0.2) is 90.8 Å². The minimum absolute atomic E-state index is 0.414. The smallest absolute Gasteiger partial charge is 0.229 e.